The van der Waals surface area contributed by atoms with E-state index in [1.54, 1.807) is 26.8 Å². The fraction of sp³-hybridized carbons (Fsp3) is 0.500. The molecule has 1 aromatic rings. The molecule has 20 heavy (non-hydrogen) atoms. The van der Waals surface area contributed by atoms with Gasteiger partial charge in [0.25, 0.3) is 0 Å². The lowest BCUT2D eigenvalue weighted by atomic mass is 9.97. The molecule has 1 aromatic carbocycles. The van der Waals surface area contributed by atoms with Crippen molar-refractivity contribution in [1.82, 2.24) is 0 Å². The van der Waals surface area contributed by atoms with Crippen LogP contribution < -0.4 is 4.74 Å². The first-order chi connectivity index (χ1) is 9.30. The van der Waals surface area contributed by atoms with Crippen LogP contribution in [-0.4, -0.2) is 11.8 Å². The summed E-state index contributed by atoms with van der Waals surface area (Å²) in [6.07, 6.45) is 2.50. The van der Waals surface area contributed by atoms with Crippen LogP contribution in [0.2, 0.25) is 0 Å². The van der Waals surface area contributed by atoms with Crippen LogP contribution in [0.15, 0.2) is 12.1 Å². The van der Waals surface area contributed by atoms with Crippen molar-refractivity contribution in [2.45, 2.75) is 46.5 Å². The molecule has 0 heterocycles. The Bertz CT molecular complexity index is 556. The normalized spacial score (nSPS) is 15.5. The topological polar surface area (TPSA) is 43.4 Å². The third-order valence-corrected chi connectivity index (χ3v) is 3.40. The first-order valence-electron chi connectivity index (χ1n) is 6.87. The third kappa shape index (κ3) is 2.89. The number of fused-ring (bicyclic) bond motifs is 1. The molecule has 0 unspecified atom stereocenters. The number of hydrogen-bond acceptors (Lipinski definition) is 3. The fourth-order valence-corrected chi connectivity index (χ4v) is 2.16. The summed E-state index contributed by atoms with van der Waals surface area (Å²) in [5, 5.41) is 0. The molecule has 0 radical (unpaired) electrons. The van der Waals surface area contributed by atoms with Gasteiger partial charge in [-0.2, -0.15) is 0 Å². The summed E-state index contributed by atoms with van der Waals surface area (Å²) in [5.41, 5.74) is 0.108. The van der Waals surface area contributed by atoms with E-state index >= 15 is 0 Å². The SMILES string of the molecule is CC(C)(C)C(=O)Oc1ccc2c(c1F)CCCCC2=O. The first kappa shape index (κ1) is 14.7. The highest BCUT2D eigenvalue weighted by atomic mass is 19.1. The van der Waals surface area contributed by atoms with Gasteiger partial charge in [-0.25, -0.2) is 4.39 Å². The van der Waals surface area contributed by atoms with Crippen molar-refractivity contribution in [3.8, 4) is 5.75 Å². The Hall–Kier alpha value is -1.71. The molecule has 0 spiro atoms. The average molecular weight is 278 g/mol. The van der Waals surface area contributed by atoms with E-state index in [0.29, 0.717) is 24.0 Å². The van der Waals surface area contributed by atoms with Crippen molar-refractivity contribution in [1.29, 1.82) is 0 Å². The standard InChI is InChI=1S/C16H19FO3/c1-16(2,3)15(19)20-13-9-8-10-11(14(13)17)6-4-5-7-12(10)18/h8-9H,4-7H2,1-3H3. The van der Waals surface area contributed by atoms with E-state index < -0.39 is 17.2 Å². The van der Waals surface area contributed by atoms with E-state index in [4.69, 9.17) is 4.74 Å². The Morgan fingerprint density at radius 2 is 1.85 bits per heavy atom. The van der Waals surface area contributed by atoms with Crippen molar-refractivity contribution in [2.75, 3.05) is 0 Å². The summed E-state index contributed by atoms with van der Waals surface area (Å²) in [6.45, 7) is 5.13. The van der Waals surface area contributed by atoms with Gasteiger partial charge in [-0.1, -0.05) is 0 Å². The molecule has 108 valence electrons. The van der Waals surface area contributed by atoms with E-state index in [0.717, 1.165) is 12.8 Å². The maximum Gasteiger partial charge on any atom is 0.316 e. The van der Waals surface area contributed by atoms with Gasteiger partial charge in [0.15, 0.2) is 17.3 Å². The second-order valence-electron chi connectivity index (χ2n) is 6.17. The van der Waals surface area contributed by atoms with Gasteiger partial charge >= 0.3 is 5.97 Å². The van der Waals surface area contributed by atoms with E-state index in [9.17, 15) is 14.0 Å². The second-order valence-corrected chi connectivity index (χ2v) is 6.17. The monoisotopic (exact) mass is 278 g/mol. The van der Waals surface area contributed by atoms with Gasteiger partial charge in [-0.3, -0.25) is 9.59 Å². The van der Waals surface area contributed by atoms with Gasteiger partial charge in [0.05, 0.1) is 5.41 Å². The molecular weight excluding hydrogens is 259 g/mol. The van der Waals surface area contributed by atoms with Gasteiger partial charge in [0, 0.05) is 17.5 Å². The molecule has 0 bridgehead atoms. The molecule has 0 atom stereocenters. The zero-order chi connectivity index (χ0) is 14.9. The molecule has 1 aliphatic carbocycles. The summed E-state index contributed by atoms with van der Waals surface area (Å²) >= 11 is 0. The van der Waals surface area contributed by atoms with Crippen LogP contribution in [-0.2, 0) is 11.2 Å². The van der Waals surface area contributed by atoms with Crippen molar-refractivity contribution in [2.24, 2.45) is 5.41 Å². The molecule has 0 fully saturated rings. The van der Waals surface area contributed by atoms with Crippen molar-refractivity contribution >= 4 is 11.8 Å². The number of ketones is 1. The molecule has 1 aliphatic rings. The van der Waals surface area contributed by atoms with Gasteiger partial charge in [0.1, 0.15) is 0 Å². The smallest absolute Gasteiger partial charge is 0.316 e. The van der Waals surface area contributed by atoms with Crippen LogP contribution >= 0.6 is 0 Å². The number of carbonyl (C=O) groups is 2. The largest absolute Gasteiger partial charge is 0.423 e. The molecule has 0 N–H and O–H groups in total. The molecule has 0 saturated carbocycles. The highest BCUT2D eigenvalue weighted by Gasteiger charge is 2.27. The zero-order valence-electron chi connectivity index (χ0n) is 12.1. The lowest BCUT2D eigenvalue weighted by molar-refractivity contribution is -0.143. The predicted octanol–water partition coefficient (Wildman–Crippen LogP) is 3.69. The summed E-state index contributed by atoms with van der Waals surface area (Å²) in [4.78, 5) is 23.7. The summed E-state index contributed by atoms with van der Waals surface area (Å²) in [5.74, 6) is -1.19. The van der Waals surface area contributed by atoms with Crippen LogP contribution in [0, 0.1) is 11.2 Å². The number of benzene rings is 1. The average Bonchev–Trinajstić information content (AvgIpc) is 2.54. The molecular formula is C16H19FO3. The highest BCUT2D eigenvalue weighted by molar-refractivity contribution is 5.98. The Morgan fingerprint density at radius 3 is 2.50 bits per heavy atom. The van der Waals surface area contributed by atoms with Gasteiger partial charge < -0.3 is 4.74 Å². The number of esters is 1. The van der Waals surface area contributed by atoms with Crippen LogP contribution in [0.25, 0.3) is 0 Å². The predicted molar refractivity (Wildman–Crippen MR) is 73.4 cm³/mol. The van der Waals surface area contributed by atoms with Crippen molar-refractivity contribution < 1.29 is 18.7 Å². The number of rotatable bonds is 1. The van der Waals surface area contributed by atoms with Crippen LogP contribution in [0.5, 0.6) is 5.75 Å². The molecule has 4 heteroatoms. The zero-order valence-corrected chi connectivity index (χ0v) is 12.1. The maximum atomic E-state index is 14.4. The molecule has 0 aliphatic heterocycles. The Kier molecular flexibility index (Phi) is 3.93. The molecule has 0 aromatic heterocycles. The van der Waals surface area contributed by atoms with Crippen molar-refractivity contribution in [3.05, 3.63) is 29.1 Å². The first-order valence-corrected chi connectivity index (χ1v) is 6.87. The van der Waals surface area contributed by atoms with E-state index in [1.165, 1.54) is 6.07 Å². The number of carbonyl (C=O) groups excluding carboxylic acids is 2. The van der Waals surface area contributed by atoms with Gasteiger partial charge in [0.2, 0.25) is 0 Å². The lowest BCUT2D eigenvalue weighted by Crippen LogP contribution is -2.26. The lowest BCUT2D eigenvalue weighted by Gasteiger charge is -2.17. The van der Waals surface area contributed by atoms with E-state index in [2.05, 4.69) is 0 Å². The minimum Gasteiger partial charge on any atom is -0.423 e. The Labute approximate surface area is 118 Å². The van der Waals surface area contributed by atoms with Gasteiger partial charge in [-0.15, -0.1) is 0 Å². The maximum absolute atomic E-state index is 14.4. The summed E-state index contributed by atoms with van der Waals surface area (Å²) in [6, 6.07) is 2.94. The minimum atomic E-state index is -0.699. The van der Waals surface area contributed by atoms with E-state index in [-0.39, 0.29) is 11.5 Å². The Morgan fingerprint density at radius 1 is 1.20 bits per heavy atom. The Balaban J connectivity index is 2.36. The van der Waals surface area contributed by atoms with Crippen LogP contribution in [0.3, 0.4) is 0 Å². The highest BCUT2D eigenvalue weighted by Crippen LogP contribution is 2.30. The minimum absolute atomic E-state index is 0.0369. The van der Waals surface area contributed by atoms with Crippen LogP contribution in [0.4, 0.5) is 4.39 Å². The number of ether oxygens (including phenoxy) is 1. The number of hydrogen-bond donors (Lipinski definition) is 0. The van der Waals surface area contributed by atoms with Crippen molar-refractivity contribution in [3.63, 3.8) is 0 Å². The van der Waals surface area contributed by atoms with E-state index in [1.807, 2.05) is 0 Å². The molecule has 2 rings (SSSR count). The molecule has 3 nitrogen and oxygen atoms in total. The van der Waals surface area contributed by atoms with Gasteiger partial charge in [-0.05, 0) is 52.2 Å². The summed E-state index contributed by atoms with van der Waals surface area (Å²) < 4.78 is 19.6. The number of halogens is 1. The second kappa shape index (κ2) is 5.35. The third-order valence-electron chi connectivity index (χ3n) is 3.40. The molecule has 0 amide bonds. The summed E-state index contributed by atoms with van der Waals surface area (Å²) in [7, 11) is 0. The molecule has 0 saturated heterocycles. The fourth-order valence-electron chi connectivity index (χ4n) is 2.16. The van der Waals surface area contributed by atoms with Crippen LogP contribution in [0.1, 0.15) is 56.0 Å². The number of Topliss-reactive ketones (excluding diaryl/α,β-unsaturated/α-hetero) is 1. The quantitative estimate of drug-likeness (QED) is 0.447.